The number of aromatic amines is 1. The van der Waals surface area contributed by atoms with Gasteiger partial charge in [0.15, 0.2) is 0 Å². The van der Waals surface area contributed by atoms with Gasteiger partial charge in [-0.05, 0) is 19.1 Å². The molecule has 1 aromatic carbocycles. The first kappa shape index (κ1) is 11.5. The van der Waals surface area contributed by atoms with Crippen LogP contribution in [0, 0.1) is 6.92 Å². The van der Waals surface area contributed by atoms with E-state index in [1.165, 1.54) is 0 Å². The van der Waals surface area contributed by atoms with Crippen molar-refractivity contribution in [3.8, 4) is 11.4 Å². The summed E-state index contributed by atoms with van der Waals surface area (Å²) in [5, 5.41) is 2.76. The van der Waals surface area contributed by atoms with Gasteiger partial charge in [-0.1, -0.05) is 6.07 Å². The molecule has 0 atom stereocenters. The Balaban J connectivity index is 2.56. The van der Waals surface area contributed by atoms with Gasteiger partial charge < -0.3 is 10.5 Å². The molecule has 5 heteroatoms. The molecular formula is C12H15N3O2. The van der Waals surface area contributed by atoms with Crippen LogP contribution in [0.1, 0.15) is 11.3 Å². The van der Waals surface area contributed by atoms with Crippen LogP contribution < -0.4 is 16.0 Å². The van der Waals surface area contributed by atoms with Crippen LogP contribution >= 0.6 is 0 Å². The predicted octanol–water partition coefficient (Wildman–Crippen LogP) is 0.941. The molecule has 2 aromatic rings. The van der Waals surface area contributed by atoms with Crippen LogP contribution in [-0.4, -0.2) is 16.9 Å². The van der Waals surface area contributed by atoms with E-state index in [0.29, 0.717) is 5.56 Å². The lowest BCUT2D eigenvalue weighted by molar-refractivity contribution is 0.414. The molecule has 0 aliphatic carbocycles. The summed E-state index contributed by atoms with van der Waals surface area (Å²) in [7, 11) is 1.61. The lowest BCUT2D eigenvalue weighted by Gasteiger charge is -2.07. The lowest BCUT2D eigenvalue weighted by atomic mass is 10.2. The summed E-state index contributed by atoms with van der Waals surface area (Å²) in [6, 6.07) is 7.47. The van der Waals surface area contributed by atoms with Crippen molar-refractivity contribution in [2.24, 2.45) is 5.73 Å². The average molecular weight is 233 g/mol. The summed E-state index contributed by atoms with van der Waals surface area (Å²) >= 11 is 0. The topological polar surface area (TPSA) is 73.0 Å². The Kier molecular flexibility index (Phi) is 3.01. The Morgan fingerprint density at radius 1 is 1.47 bits per heavy atom. The van der Waals surface area contributed by atoms with E-state index in [9.17, 15) is 4.79 Å². The number of rotatable bonds is 3. The number of nitrogens with two attached hydrogens (primary N) is 1. The van der Waals surface area contributed by atoms with Crippen LogP contribution in [0.5, 0.6) is 5.75 Å². The number of aromatic nitrogens is 2. The summed E-state index contributed by atoms with van der Waals surface area (Å²) in [6.45, 7) is 2.09. The Morgan fingerprint density at radius 3 is 2.82 bits per heavy atom. The highest BCUT2D eigenvalue weighted by Gasteiger charge is 2.10. The molecule has 0 unspecified atom stereocenters. The Hall–Kier alpha value is -2.01. The molecule has 5 nitrogen and oxygen atoms in total. The van der Waals surface area contributed by atoms with Gasteiger partial charge in [0, 0.05) is 18.3 Å². The second-order valence-corrected chi connectivity index (χ2v) is 3.75. The van der Waals surface area contributed by atoms with Crippen LogP contribution in [0.4, 0.5) is 0 Å². The lowest BCUT2D eigenvalue weighted by Crippen LogP contribution is -2.10. The highest BCUT2D eigenvalue weighted by atomic mass is 16.5. The van der Waals surface area contributed by atoms with Gasteiger partial charge in [-0.15, -0.1) is 0 Å². The van der Waals surface area contributed by atoms with Crippen LogP contribution in [-0.2, 0) is 6.54 Å². The minimum atomic E-state index is -0.146. The maximum atomic E-state index is 11.6. The zero-order valence-corrected chi connectivity index (χ0v) is 9.86. The summed E-state index contributed by atoms with van der Waals surface area (Å²) in [6.07, 6.45) is 0. The maximum Gasteiger partial charge on any atom is 0.269 e. The van der Waals surface area contributed by atoms with Crippen molar-refractivity contribution < 1.29 is 4.74 Å². The normalized spacial score (nSPS) is 10.5. The molecule has 0 bridgehead atoms. The quantitative estimate of drug-likeness (QED) is 0.828. The smallest absolute Gasteiger partial charge is 0.269 e. The predicted molar refractivity (Wildman–Crippen MR) is 65.6 cm³/mol. The number of methoxy groups -OCH3 is 1. The fourth-order valence-electron chi connectivity index (χ4n) is 1.80. The average Bonchev–Trinajstić information content (AvgIpc) is 2.64. The van der Waals surface area contributed by atoms with E-state index < -0.39 is 0 Å². The zero-order valence-electron chi connectivity index (χ0n) is 9.86. The Bertz CT molecular complexity index is 584. The standard InChI is InChI=1S/C12H15N3O2/c1-8-11(7-13)12(16)14-15(8)9-4-3-5-10(6-9)17-2/h3-6H,7,13H2,1-2H3,(H,14,16). The second-order valence-electron chi connectivity index (χ2n) is 3.75. The van der Waals surface area contributed by atoms with Crippen LogP contribution in [0.15, 0.2) is 29.1 Å². The van der Waals surface area contributed by atoms with Crippen LogP contribution in [0.2, 0.25) is 0 Å². The van der Waals surface area contributed by atoms with Crippen molar-refractivity contribution in [2.75, 3.05) is 7.11 Å². The first-order chi connectivity index (χ1) is 8.17. The molecule has 0 aliphatic heterocycles. The van der Waals surface area contributed by atoms with Crippen LogP contribution in [0.3, 0.4) is 0 Å². The number of ether oxygens (including phenoxy) is 1. The van der Waals surface area contributed by atoms with Gasteiger partial charge in [0.1, 0.15) is 5.75 Å². The molecule has 0 spiro atoms. The first-order valence-electron chi connectivity index (χ1n) is 5.32. The first-order valence-corrected chi connectivity index (χ1v) is 5.32. The third-order valence-corrected chi connectivity index (χ3v) is 2.78. The van der Waals surface area contributed by atoms with E-state index in [1.54, 1.807) is 11.8 Å². The van der Waals surface area contributed by atoms with Gasteiger partial charge in [-0.2, -0.15) is 0 Å². The molecule has 90 valence electrons. The fourth-order valence-corrected chi connectivity index (χ4v) is 1.80. The summed E-state index contributed by atoms with van der Waals surface area (Å²) in [4.78, 5) is 11.6. The van der Waals surface area contributed by atoms with Gasteiger partial charge in [-0.3, -0.25) is 14.6 Å². The van der Waals surface area contributed by atoms with Crippen molar-refractivity contribution in [3.05, 3.63) is 45.9 Å². The Labute approximate surface area is 98.8 Å². The number of hydrogen-bond donors (Lipinski definition) is 2. The van der Waals surface area contributed by atoms with E-state index in [4.69, 9.17) is 10.5 Å². The molecule has 1 aromatic heterocycles. The maximum absolute atomic E-state index is 11.6. The summed E-state index contributed by atoms with van der Waals surface area (Å²) in [5.41, 5.74) is 7.67. The van der Waals surface area contributed by atoms with Crippen molar-refractivity contribution in [1.29, 1.82) is 0 Å². The number of hydrogen-bond acceptors (Lipinski definition) is 3. The van der Waals surface area contributed by atoms with Crippen LogP contribution in [0.25, 0.3) is 5.69 Å². The minimum Gasteiger partial charge on any atom is -0.497 e. The molecule has 0 radical (unpaired) electrons. The largest absolute Gasteiger partial charge is 0.497 e. The molecule has 0 aliphatic rings. The molecule has 17 heavy (non-hydrogen) atoms. The second kappa shape index (κ2) is 4.47. The van der Waals surface area contributed by atoms with Gasteiger partial charge >= 0.3 is 0 Å². The molecule has 1 heterocycles. The molecule has 0 saturated carbocycles. The van der Waals surface area contributed by atoms with Gasteiger partial charge in [-0.25, -0.2) is 0 Å². The van der Waals surface area contributed by atoms with Gasteiger partial charge in [0.25, 0.3) is 5.56 Å². The molecule has 0 amide bonds. The van der Waals surface area contributed by atoms with Gasteiger partial charge in [0.2, 0.25) is 0 Å². The van der Waals surface area contributed by atoms with E-state index >= 15 is 0 Å². The minimum absolute atomic E-state index is 0.146. The monoisotopic (exact) mass is 233 g/mol. The molecule has 0 saturated heterocycles. The van der Waals surface area contributed by atoms with Gasteiger partial charge in [0.05, 0.1) is 18.4 Å². The highest BCUT2D eigenvalue weighted by molar-refractivity contribution is 5.40. The van der Waals surface area contributed by atoms with Crippen molar-refractivity contribution in [3.63, 3.8) is 0 Å². The Morgan fingerprint density at radius 2 is 2.24 bits per heavy atom. The molecule has 3 N–H and O–H groups in total. The van der Waals surface area contributed by atoms with Crippen molar-refractivity contribution in [2.45, 2.75) is 13.5 Å². The summed E-state index contributed by atoms with van der Waals surface area (Å²) in [5.74, 6) is 0.741. The molecule has 2 rings (SSSR count). The van der Waals surface area contributed by atoms with E-state index in [-0.39, 0.29) is 12.1 Å². The van der Waals surface area contributed by atoms with E-state index in [1.807, 2.05) is 31.2 Å². The zero-order chi connectivity index (χ0) is 12.4. The number of nitrogens with zero attached hydrogens (tertiary/aromatic N) is 1. The van der Waals surface area contributed by atoms with Crippen molar-refractivity contribution >= 4 is 0 Å². The third-order valence-electron chi connectivity index (χ3n) is 2.78. The number of H-pyrrole nitrogens is 1. The van der Waals surface area contributed by atoms with E-state index in [0.717, 1.165) is 17.1 Å². The number of benzene rings is 1. The fraction of sp³-hybridized carbons (Fsp3) is 0.250. The summed E-state index contributed by atoms with van der Waals surface area (Å²) < 4.78 is 6.86. The van der Waals surface area contributed by atoms with Crippen molar-refractivity contribution in [1.82, 2.24) is 9.78 Å². The molecular weight excluding hydrogens is 218 g/mol. The number of nitrogens with one attached hydrogen (secondary N) is 1. The van der Waals surface area contributed by atoms with E-state index in [2.05, 4.69) is 5.10 Å². The highest BCUT2D eigenvalue weighted by Crippen LogP contribution is 2.17. The molecule has 0 fully saturated rings. The SMILES string of the molecule is COc1cccc(-n2[nH]c(=O)c(CN)c2C)c1. The third kappa shape index (κ3) is 1.97.